The fraction of sp³-hybridized carbons (Fsp3) is 0.133. The molecule has 1 heterocycles. The average Bonchev–Trinajstić information content (AvgIpc) is 2.95. The van der Waals surface area contributed by atoms with Crippen LogP contribution in [0.4, 0.5) is 10.1 Å². The van der Waals surface area contributed by atoms with Crippen molar-refractivity contribution < 1.29 is 13.9 Å². The minimum atomic E-state index is -0.582. The van der Waals surface area contributed by atoms with Gasteiger partial charge >= 0.3 is 0 Å². The first-order valence-corrected chi connectivity index (χ1v) is 6.97. The molecular formula is C15H10BrFN2O2. The van der Waals surface area contributed by atoms with Gasteiger partial charge in [-0.25, -0.2) is 4.39 Å². The van der Waals surface area contributed by atoms with Gasteiger partial charge in [-0.1, -0.05) is 0 Å². The monoisotopic (exact) mass is 348 g/mol. The zero-order chi connectivity index (χ0) is 14.8. The van der Waals surface area contributed by atoms with E-state index in [1.807, 2.05) is 0 Å². The van der Waals surface area contributed by atoms with Crippen molar-refractivity contribution in [1.29, 1.82) is 5.26 Å². The quantitative estimate of drug-likeness (QED) is 0.910. The lowest BCUT2D eigenvalue weighted by atomic mass is 10.1. The highest BCUT2D eigenvalue weighted by Gasteiger charge is 2.21. The Kier molecular flexibility index (Phi) is 3.67. The number of ether oxygens (including phenoxy) is 2. The van der Waals surface area contributed by atoms with Crippen LogP contribution in [0.15, 0.2) is 40.9 Å². The molecule has 1 unspecified atom stereocenters. The summed E-state index contributed by atoms with van der Waals surface area (Å²) in [5.41, 5.74) is 1.40. The van der Waals surface area contributed by atoms with Crippen LogP contribution in [-0.2, 0) is 0 Å². The Hall–Kier alpha value is -2.26. The van der Waals surface area contributed by atoms with Gasteiger partial charge in [0.2, 0.25) is 6.79 Å². The Bertz CT molecular complexity index is 713. The normalized spacial score (nSPS) is 13.6. The maximum Gasteiger partial charge on any atom is 0.231 e. The lowest BCUT2D eigenvalue weighted by molar-refractivity contribution is 0.173. The van der Waals surface area contributed by atoms with E-state index in [1.54, 1.807) is 24.3 Å². The summed E-state index contributed by atoms with van der Waals surface area (Å²) in [4.78, 5) is 0. The molecule has 2 aromatic carbocycles. The largest absolute Gasteiger partial charge is 0.454 e. The molecule has 6 heteroatoms. The van der Waals surface area contributed by atoms with Gasteiger partial charge in [0.15, 0.2) is 11.5 Å². The first-order valence-electron chi connectivity index (χ1n) is 6.18. The molecule has 1 atom stereocenters. The molecule has 1 aliphatic rings. The van der Waals surface area contributed by atoms with Crippen LogP contribution in [0.1, 0.15) is 11.6 Å². The molecule has 0 saturated heterocycles. The van der Waals surface area contributed by atoms with Crippen LogP contribution in [0.3, 0.4) is 0 Å². The molecule has 0 spiro atoms. The molecule has 1 aliphatic heterocycles. The van der Waals surface area contributed by atoms with E-state index in [0.717, 1.165) is 10.0 Å². The molecule has 21 heavy (non-hydrogen) atoms. The zero-order valence-electron chi connectivity index (χ0n) is 10.8. The summed E-state index contributed by atoms with van der Waals surface area (Å²) < 4.78 is 24.3. The highest BCUT2D eigenvalue weighted by Crippen LogP contribution is 2.41. The van der Waals surface area contributed by atoms with Gasteiger partial charge in [-0.05, 0) is 57.9 Å². The predicted octanol–water partition coefficient (Wildman–Crippen LogP) is 3.99. The van der Waals surface area contributed by atoms with Crippen molar-refractivity contribution in [3.8, 4) is 17.6 Å². The van der Waals surface area contributed by atoms with Gasteiger partial charge in [0.1, 0.15) is 11.9 Å². The minimum absolute atomic E-state index is 0.167. The maximum atomic E-state index is 12.9. The smallest absolute Gasteiger partial charge is 0.231 e. The molecule has 0 bridgehead atoms. The number of benzene rings is 2. The molecule has 0 aliphatic carbocycles. The summed E-state index contributed by atoms with van der Waals surface area (Å²) in [5.74, 6) is 0.914. The van der Waals surface area contributed by atoms with Crippen LogP contribution in [0.5, 0.6) is 11.5 Å². The number of hydrogen-bond donors (Lipinski definition) is 1. The topological polar surface area (TPSA) is 54.3 Å². The van der Waals surface area contributed by atoms with Gasteiger partial charge in [0.25, 0.3) is 0 Å². The van der Waals surface area contributed by atoms with Gasteiger partial charge < -0.3 is 14.8 Å². The van der Waals surface area contributed by atoms with Crippen LogP contribution >= 0.6 is 15.9 Å². The van der Waals surface area contributed by atoms with Gasteiger partial charge in [-0.2, -0.15) is 5.26 Å². The van der Waals surface area contributed by atoms with Gasteiger partial charge in [-0.15, -0.1) is 0 Å². The van der Waals surface area contributed by atoms with E-state index in [4.69, 9.17) is 9.47 Å². The second kappa shape index (κ2) is 5.62. The maximum absolute atomic E-state index is 12.9. The highest BCUT2D eigenvalue weighted by molar-refractivity contribution is 9.10. The molecule has 0 aromatic heterocycles. The molecule has 1 N–H and O–H groups in total. The van der Waals surface area contributed by atoms with Gasteiger partial charge in [-0.3, -0.25) is 0 Å². The predicted molar refractivity (Wildman–Crippen MR) is 78.6 cm³/mol. The SMILES string of the molecule is N#CC(Nc1ccc(F)cc1)c1cc(Br)c2c(c1)OCO2. The van der Waals surface area contributed by atoms with E-state index in [0.29, 0.717) is 17.2 Å². The summed E-state index contributed by atoms with van der Waals surface area (Å²) in [6.45, 7) is 0.167. The fourth-order valence-corrected chi connectivity index (χ4v) is 2.63. The number of anilines is 1. The molecule has 0 amide bonds. The van der Waals surface area contributed by atoms with Crippen molar-refractivity contribution in [2.24, 2.45) is 0 Å². The first-order chi connectivity index (χ1) is 10.2. The zero-order valence-corrected chi connectivity index (χ0v) is 12.4. The molecule has 0 radical (unpaired) electrons. The second-order valence-corrected chi connectivity index (χ2v) is 5.30. The van der Waals surface area contributed by atoms with Crippen LogP contribution in [-0.4, -0.2) is 6.79 Å². The van der Waals surface area contributed by atoms with Gasteiger partial charge in [0.05, 0.1) is 10.5 Å². The Balaban J connectivity index is 1.88. The highest BCUT2D eigenvalue weighted by atomic mass is 79.9. The van der Waals surface area contributed by atoms with Crippen LogP contribution in [0.25, 0.3) is 0 Å². The Morgan fingerprint density at radius 1 is 1.24 bits per heavy atom. The van der Waals surface area contributed by atoms with Crippen molar-refractivity contribution in [2.45, 2.75) is 6.04 Å². The molecule has 2 aromatic rings. The van der Waals surface area contributed by atoms with Crippen molar-refractivity contribution >= 4 is 21.6 Å². The molecule has 0 fully saturated rings. The lowest BCUT2D eigenvalue weighted by Crippen LogP contribution is -2.08. The number of nitriles is 1. The molecule has 4 nitrogen and oxygen atoms in total. The molecule has 3 rings (SSSR count). The fourth-order valence-electron chi connectivity index (χ4n) is 2.06. The van der Waals surface area contributed by atoms with Crippen molar-refractivity contribution in [1.82, 2.24) is 0 Å². The van der Waals surface area contributed by atoms with E-state index in [9.17, 15) is 9.65 Å². The first kappa shape index (κ1) is 13.7. The molecular weight excluding hydrogens is 339 g/mol. The standard InChI is InChI=1S/C15H10BrFN2O2/c16-12-5-9(6-14-15(12)21-8-20-14)13(7-18)19-11-3-1-10(17)2-4-11/h1-6,13,19H,8H2. The summed E-state index contributed by atoms with van der Waals surface area (Å²) in [7, 11) is 0. The lowest BCUT2D eigenvalue weighted by Gasteiger charge is -2.14. The van der Waals surface area contributed by atoms with Crippen LogP contribution in [0.2, 0.25) is 0 Å². The van der Waals surface area contributed by atoms with E-state index >= 15 is 0 Å². The number of hydrogen-bond acceptors (Lipinski definition) is 4. The number of rotatable bonds is 3. The number of nitrogens with zero attached hydrogens (tertiary/aromatic N) is 1. The van der Waals surface area contributed by atoms with E-state index < -0.39 is 6.04 Å². The third kappa shape index (κ3) is 2.78. The van der Waals surface area contributed by atoms with E-state index in [-0.39, 0.29) is 12.6 Å². The molecule has 0 saturated carbocycles. The Labute approximate surface area is 129 Å². The third-order valence-corrected chi connectivity index (χ3v) is 3.66. The average molecular weight is 349 g/mol. The number of nitrogens with one attached hydrogen (secondary N) is 1. The van der Waals surface area contributed by atoms with Crippen LogP contribution < -0.4 is 14.8 Å². The van der Waals surface area contributed by atoms with E-state index in [2.05, 4.69) is 27.3 Å². The van der Waals surface area contributed by atoms with E-state index in [1.165, 1.54) is 12.1 Å². The molecule has 106 valence electrons. The van der Waals surface area contributed by atoms with Crippen molar-refractivity contribution in [3.05, 3.63) is 52.3 Å². The number of fused-ring (bicyclic) bond motifs is 1. The van der Waals surface area contributed by atoms with Crippen molar-refractivity contribution in [3.63, 3.8) is 0 Å². The van der Waals surface area contributed by atoms with Crippen LogP contribution in [0, 0.1) is 17.1 Å². The summed E-state index contributed by atoms with van der Waals surface area (Å²) in [5, 5.41) is 12.4. The summed E-state index contributed by atoms with van der Waals surface area (Å²) in [6, 6.07) is 11.0. The third-order valence-electron chi connectivity index (χ3n) is 3.07. The summed E-state index contributed by atoms with van der Waals surface area (Å²) >= 11 is 3.40. The Morgan fingerprint density at radius 3 is 2.71 bits per heavy atom. The Morgan fingerprint density at radius 2 is 2.00 bits per heavy atom. The second-order valence-electron chi connectivity index (χ2n) is 4.45. The number of halogens is 2. The van der Waals surface area contributed by atoms with Crippen molar-refractivity contribution in [2.75, 3.05) is 12.1 Å². The summed E-state index contributed by atoms with van der Waals surface area (Å²) in [6.07, 6.45) is 0. The minimum Gasteiger partial charge on any atom is -0.454 e. The van der Waals surface area contributed by atoms with Gasteiger partial charge in [0, 0.05) is 5.69 Å².